The normalized spacial score (nSPS) is 9.72. The van der Waals surface area contributed by atoms with E-state index < -0.39 is 18.6 Å². The number of amides is 1. The molecule has 0 saturated heterocycles. The molecule has 6 nitrogen and oxygen atoms in total. The summed E-state index contributed by atoms with van der Waals surface area (Å²) in [6.07, 6.45) is -0.750. The van der Waals surface area contributed by atoms with E-state index in [4.69, 9.17) is 14.6 Å². The SMILES string of the molecule is COc1cc(C)ccc1OC(=O)N(C)CC(=O)O. The van der Waals surface area contributed by atoms with E-state index in [1.165, 1.54) is 14.2 Å². The number of benzene rings is 1. The van der Waals surface area contributed by atoms with Crippen LogP contribution < -0.4 is 9.47 Å². The van der Waals surface area contributed by atoms with Crippen LogP contribution in [0.4, 0.5) is 4.79 Å². The molecule has 0 atom stereocenters. The Morgan fingerprint density at radius 1 is 1.33 bits per heavy atom. The van der Waals surface area contributed by atoms with Crippen molar-refractivity contribution in [1.29, 1.82) is 0 Å². The summed E-state index contributed by atoms with van der Waals surface area (Å²) < 4.78 is 10.1. The van der Waals surface area contributed by atoms with Crippen LogP contribution in [-0.2, 0) is 4.79 Å². The van der Waals surface area contributed by atoms with E-state index in [2.05, 4.69) is 0 Å². The number of hydrogen-bond acceptors (Lipinski definition) is 4. The third-order valence-corrected chi connectivity index (χ3v) is 2.20. The molecule has 0 saturated carbocycles. The van der Waals surface area contributed by atoms with Gasteiger partial charge in [0.15, 0.2) is 11.5 Å². The zero-order valence-electron chi connectivity index (χ0n) is 10.5. The molecule has 1 aromatic carbocycles. The Bertz CT molecular complexity index is 458. The molecule has 1 amide bonds. The van der Waals surface area contributed by atoms with Crippen LogP contribution in [0.2, 0.25) is 0 Å². The number of nitrogens with zero attached hydrogens (tertiary/aromatic N) is 1. The zero-order valence-corrected chi connectivity index (χ0v) is 10.5. The summed E-state index contributed by atoms with van der Waals surface area (Å²) >= 11 is 0. The summed E-state index contributed by atoms with van der Waals surface area (Å²) in [6, 6.07) is 5.09. The number of carbonyl (C=O) groups is 2. The van der Waals surface area contributed by atoms with Crippen LogP contribution in [0.25, 0.3) is 0 Å². The van der Waals surface area contributed by atoms with Gasteiger partial charge in [0.25, 0.3) is 0 Å². The highest BCUT2D eigenvalue weighted by Crippen LogP contribution is 2.28. The van der Waals surface area contributed by atoms with Crippen molar-refractivity contribution in [3.05, 3.63) is 23.8 Å². The smallest absolute Gasteiger partial charge is 0.415 e. The fraction of sp³-hybridized carbons (Fsp3) is 0.333. The average molecular weight is 253 g/mol. The predicted molar refractivity (Wildman–Crippen MR) is 64.0 cm³/mol. The Kier molecular flexibility index (Phi) is 4.53. The molecule has 6 heteroatoms. The molecule has 0 spiro atoms. The number of ether oxygens (including phenoxy) is 2. The number of carboxylic acids is 1. The molecule has 0 aliphatic heterocycles. The van der Waals surface area contributed by atoms with E-state index in [1.807, 2.05) is 6.92 Å². The van der Waals surface area contributed by atoms with Crippen LogP contribution in [0.3, 0.4) is 0 Å². The maximum atomic E-state index is 11.6. The van der Waals surface area contributed by atoms with Crippen molar-refractivity contribution in [1.82, 2.24) is 4.90 Å². The summed E-state index contributed by atoms with van der Waals surface area (Å²) in [5.41, 5.74) is 0.963. The second-order valence-corrected chi connectivity index (χ2v) is 3.77. The molecule has 0 heterocycles. The lowest BCUT2D eigenvalue weighted by atomic mass is 10.2. The Balaban J connectivity index is 2.78. The summed E-state index contributed by atoms with van der Waals surface area (Å²) in [7, 11) is 2.81. The Labute approximate surface area is 105 Å². The van der Waals surface area contributed by atoms with Gasteiger partial charge in [-0.25, -0.2) is 4.79 Å². The van der Waals surface area contributed by atoms with Crippen LogP contribution in [0.1, 0.15) is 5.56 Å². The van der Waals surface area contributed by atoms with Crippen LogP contribution in [-0.4, -0.2) is 42.8 Å². The Hall–Kier alpha value is -2.24. The molecule has 0 aromatic heterocycles. The minimum Gasteiger partial charge on any atom is -0.493 e. The summed E-state index contributed by atoms with van der Waals surface area (Å²) in [4.78, 5) is 23.0. The predicted octanol–water partition coefficient (Wildman–Crippen LogP) is 1.52. The van der Waals surface area contributed by atoms with E-state index >= 15 is 0 Å². The summed E-state index contributed by atoms with van der Waals surface area (Å²) in [6.45, 7) is 1.46. The van der Waals surface area contributed by atoms with Crippen molar-refractivity contribution in [2.45, 2.75) is 6.92 Å². The van der Waals surface area contributed by atoms with Gasteiger partial charge >= 0.3 is 12.1 Å². The number of methoxy groups -OCH3 is 1. The third-order valence-electron chi connectivity index (χ3n) is 2.20. The molecular weight excluding hydrogens is 238 g/mol. The zero-order chi connectivity index (χ0) is 13.7. The lowest BCUT2D eigenvalue weighted by Gasteiger charge is -2.15. The van der Waals surface area contributed by atoms with Crippen molar-refractivity contribution in [3.63, 3.8) is 0 Å². The maximum absolute atomic E-state index is 11.6. The van der Waals surface area contributed by atoms with Gasteiger partial charge in [-0.3, -0.25) is 9.69 Å². The molecule has 0 bridgehead atoms. The number of hydrogen-bond donors (Lipinski definition) is 1. The first-order valence-corrected chi connectivity index (χ1v) is 5.23. The highest BCUT2D eigenvalue weighted by atomic mass is 16.6. The second-order valence-electron chi connectivity index (χ2n) is 3.77. The molecular formula is C12H15NO5. The molecule has 0 radical (unpaired) electrons. The van der Waals surface area contributed by atoms with Gasteiger partial charge in [-0.05, 0) is 24.6 Å². The van der Waals surface area contributed by atoms with Gasteiger partial charge in [0.2, 0.25) is 0 Å². The van der Waals surface area contributed by atoms with Crippen LogP contribution >= 0.6 is 0 Å². The summed E-state index contributed by atoms with van der Waals surface area (Å²) in [5.74, 6) is -0.428. The summed E-state index contributed by atoms with van der Waals surface area (Å²) in [5, 5.41) is 8.56. The molecule has 0 aliphatic carbocycles. The molecule has 1 N–H and O–H groups in total. The fourth-order valence-corrected chi connectivity index (χ4v) is 1.30. The van der Waals surface area contributed by atoms with Gasteiger partial charge in [0, 0.05) is 7.05 Å². The van der Waals surface area contributed by atoms with E-state index in [0.717, 1.165) is 10.5 Å². The van der Waals surface area contributed by atoms with Gasteiger partial charge in [0.05, 0.1) is 7.11 Å². The highest BCUT2D eigenvalue weighted by molar-refractivity contribution is 5.78. The van der Waals surface area contributed by atoms with Crippen LogP contribution in [0.15, 0.2) is 18.2 Å². The van der Waals surface area contributed by atoms with Gasteiger partial charge in [-0.2, -0.15) is 0 Å². The minimum atomic E-state index is -1.11. The van der Waals surface area contributed by atoms with Gasteiger partial charge < -0.3 is 14.6 Å². The number of likely N-dealkylation sites (N-methyl/N-ethyl adjacent to an activating group) is 1. The first-order chi connectivity index (χ1) is 8.43. The Morgan fingerprint density at radius 2 is 2.00 bits per heavy atom. The van der Waals surface area contributed by atoms with Crippen molar-refractivity contribution >= 4 is 12.1 Å². The maximum Gasteiger partial charge on any atom is 0.415 e. The molecule has 98 valence electrons. The highest BCUT2D eigenvalue weighted by Gasteiger charge is 2.16. The molecule has 1 aromatic rings. The largest absolute Gasteiger partial charge is 0.493 e. The molecule has 1 rings (SSSR count). The van der Waals surface area contributed by atoms with Crippen molar-refractivity contribution in [2.24, 2.45) is 0 Å². The Morgan fingerprint density at radius 3 is 2.56 bits per heavy atom. The second kappa shape index (κ2) is 5.90. The van der Waals surface area contributed by atoms with E-state index in [9.17, 15) is 9.59 Å². The van der Waals surface area contributed by atoms with Crippen molar-refractivity contribution in [3.8, 4) is 11.5 Å². The monoisotopic (exact) mass is 253 g/mol. The average Bonchev–Trinajstić information content (AvgIpc) is 2.30. The van der Waals surface area contributed by atoms with Gasteiger partial charge in [-0.1, -0.05) is 6.07 Å². The standard InChI is InChI=1S/C12H15NO5/c1-8-4-5-9(10(6-8)17-3)18-12(16)13(2)7-11(14)15/h4-6H,7H2,1-3H3,(H,14,15). The number of carboxylic acid groups (broad SMARTS) is 1. The quantitative estimate of drug-likeness (QED) is 0.880. The van der Waals surface area contributed by atoms with E-state index in [-0.39, 0.29) is 5.75 Å². The molecule has 0 aliphatic rings. The topological polar surface area (TPSA) is 76.1 Å². The number of aryl methyl sites for hydroxylation is 1. The lowest BCUT2D eigenvalue weighted by molar-refractivity contribution is -0.137. The van der Waals surface area contributed by atoms with Crippen LogP contribution in [0, 0.1) is 6.92 Å². The van der Waals surface area contributed by atoms with Gasteiger partial charge in [0.1, 0.15) is 6.54 Å². The van der Waals surface area contributed by atoms with E-state index in [1.54, 1.807) is 18.2 Å². The van der Waals surface area contributed by atoms with E-state index in [0.29, 0.717) is 5.75 Å². The van der Waals surface area contributed by atoms with Crippen molar-refractivity contribution < 1.29 is 24.2 Å². The van der Waals surface area contributed by atoms with Gasteiger partial charge in [-0.15, -0.1) is 0 Å². The number of aliphatic carboxylic acids is 1. The minimum absolute atomic E-state index is 0.255. The first-order valence-electron chi connectivity index (χ1n) is 5.23. The molecule has 0 fully saturated rings. The van der Waals surface area contributed by atoms with Crippen molar-refractivity contribution in [2.75, 3.05) is 20.7 Å². The molecule has 18 heavy (non-hydrogen) atoms. The number of carbonyl (C=O) groups excluding carboxylic acids is 1. The number of rotatable bonds is 4. The molecule has 0 unspecified atom stereocenters. The van der Waals surface area contributed by atoms with Crippen LogP contribution in [0.5, 0.6) is 11.5 Å². The lowest BCUT2D eigenvalue weighted by Crippen LogP contribution is -2.34. The fourth-order valence-electron chi connectivity index (χ4n) is 1.30. The first kappa shape index (κ1) is 13.8. The third kappa shape index (κ3) is 3.65.